The van der Waals surface area contributed by atoms with Crippen molar-refractivity contribution in [2.24, 2.45) is 35.0 Å². The fraction of sp³-hybridized carbons (Fsp3) is 0.745. The first-order valence-corrected chi connectivity index (χ1v) is 22.4. The van der Waals surface area contributed by atoms with Crippen LogP contribution in [0.2, 0.25) is 0 Å². The Morgan fingerprint density at radius 1 is 0.889 bits per heavy atom. The summed E-state index contributed by atoms with van der Waals surface area (Å²) in [6.45, 7) is 18.1. The summed E-state index contributed by atoms with van der Waals surface area (Å²) in [4.78, 5) is 46.0. The molecule has 16 nitrogen and oxygen atoms in total. The summed E-state index contributed by atoms with van der Waals surface area (Å²) in [6.07, 6.45) is -9.27. The summed E-state index contributed by atoms with van der Waals surface area (Å²) >= 11 is 0. The van der Waals surface area contributed by atoms with E-state index in [0.717, 1.165) is 16.5 Å². The largest absolute Gasteiger partial charge is 0.459 e. The molecule has 1 aromatic carbocycles. The second-order valence-electron chi connectivity index (χ2n) is 19.8. The molecular formula is C47H72N2O14. The third-order valence-electron chi connectivity index (χ3n) is 13.7. The van der Waals surface area contributed by atoms with Gasteiger partial charge in [0.05, 0.1) is 53.7 Å². The van der Waals surface area contributed by atoms with Crippen molar-refractivity contribution >= 4 is 28.7 Å². The highest BCUT2D eigenvalue weighted by atomic mass is 16.7. The molecule has 0 saturated carbocycles. The molecule has 2 aromatic rings. The first kappa shape index (κ1) is 50.7. The molecule has 1 amide bonds. The van der Waals surface area contributed by atoms with Gasteiger partial charge >= 0.3 is 12.1 Å². The quantitative estimate of drug-likeness (QED) is 0.190. The number of aromatic nitrogens is 1. The number of alkyl carbamates (subject to hydrolysis) is 1. The molecule has 7 unspecified atom stereocenters. The molecule has 0 radical (unpaired) electrons. The number of ether oxygens (including phenoxy) is 6. The van der Waals surface area contributed by atoms with Crippen LogP contribution in [0.4, 0.5) is 4.79 Å². The van der Waals surface area contributed by atoms with Crippen LogP contribution in [-0.4, -0.2) is 128 Å². The van der Waals surface area contributed by atoms with Crippen molar-refractivity contribution < 1.29 is 68.3 Å². The number of pyridine rings is 1. The van der Waals surface area contributed by atoms with Crippen LogP contribution in [0.1, 0.15) is 107 Å². The summed E-state index contributed by atoms with van der Waals surface area (Å²) in [5.74, 6) is -5.70. The Morgan fingerprint density at radius 3 is 2.25 bits per heavy atom. The maximum Gasteiger partial charge on any atom is 0.407 e. The number of amides is 1. The molecule has 1 aromatic heterocycles. The van der Waals surface area contributed by atoms with Crippen molar-refractivity contribution in [2.75, 3.05) is 6.54 Å². The molecule has 3 fully saturated rings. The zero-order valence-electron chi connectivity index (χ0n) is 38.7. The standard InChI is InChI=1S/C47H72N2O14/c1-24-20-26(3)59-43(37(24)51)63-41-28(5)38(62-35-22-45(8,9)40(53)30(7)60-35)29(6)42(54)61-34(47(11,57)39(52)27(4)36(50)25(2)21-46(41,10)56)17-19-49-44(55)58-23-31-16-18-48-33-15-13-12-14-32(31)33/h12-16,18,24-30,34-35,37-41,43,51-53,56-57H,17,19-23H2,1-11H3,(H,49,55)/t24?,25-,26?,27+,28+,29-,30?,34-,35?,37?,38+,39-,40?,41-,43?,46-,47-/m1/s1. The number of hydrogen-bond donors (Lipinski definition) is 6. The number of carbonyl (C=O) groups excluding carboxylic acids is 3. The zero-order chi connectivity index (χ0) is 46.8. The van der Waals surface area contributed by atoms with Crippen LogP contribution in [0.15, 0.2) is 36.5 Å². The molecule has 354 valence electrons. The summed E-state index contributed by atoms with van der Waals surface area (Å²) in [6, 6.07) is 9.19. The highest BCUT2D eigenvalue weighted by molar-refractivity contribution is 5.84. The van der Waals surface area contributed by atoms with Crippen LogP contribution in [0, 0.1) is 35.0 Å². The van der Waals surface area contributed by atoms with Crippen molar-refractivity contribution in [3.05, 3.63) is 42.1 Å². The number of aliphatic hydroxyl groups excluding tert-OH is 3. The maximum absolute atomic E-state index is 14.6. The van der Waals surface area contributed by atoms with Gasteiger partial charge in [0.15, 0.2) is 12.6 Å². The molecule has 3 saturated heterocycles. The van der Waals surface area contributed by atoms with Gasteiger partial charge < -0.3 is 59.3 Å². The fourth-order valence-corrected chi connectivity index (χ4v) is 9.83. The Morgan fingerprint density at radius 2 is 1.57 bits per heavy atom. The van der Waals surface area contributed by atoms with Gasteiger partial charge in [-0.1, -0.05) is 59.7 Å². The molecule has 0 bridgehead atoms. The number of aliphatic hydroxyl groups is 5. The Bertz CT molecular complexity index is 1870. The van der Waals surface area contributed by atoms with E-state index in [0.29, 0.717) is 6.42 Å². The van der Waals surface area contributed by atoms with Crippen LogP contribution in [-0.2, 0) is 44.6 Å². The van der Waals surface area contributed by atoms with E-state index in [9.17, 15) is 39.9 Å². The Balaban J connectivity index is 1.47. The van der Waals surface area contributed by atoms with Gasteiger partial charge in [0.1, 0.15) is 30.2 Å². The van der Waals surface area contributed by atoms with E-state index >= 15 is 0 Å². The van der Waals surface area contributed by atoms with Gasteiger partial charge in [-0.05, 0) is 70.9 Å². The molecule has 17 atom stereocenters. The number of hydrogen-bond acceptors (Lipinski definition) is 15. The third kappa shape index (κ3) is 11.7. The number of Topliss-reactive ketones (excluding diaryl/α,β-unsaturated/α-hetero) is 1. The number of nitrogens with zero attached hydrogens (tertiary/aromatic N) is 1. The third-order valence-corrected chi connectivity index (χ3v) is 13.7. The minimum absolute atomic E-state index is 0.0558. The normalized spacial score (nSPS) is 40.7. The number of benzene rings is 1. The minimum Gasteiger partial charge on any atom is -0.459 e. The average Bonchev–Trinajstić information content (AvgIpc) is 3.22. The molecular weight excluding hydrogens is 817 g/mol. The maximum atomic E-state index is 14.6. The van der Waals surface area contributed by atoms with Crippen molar-refractivity contribution in [2.45, 2.75) is 181 Å². The van der Waals surface area contributed by atoms with Gasteiger partial charge in [-0.2, -0.15) is 0 Å². The van der Waals surface area contributed by atoms with Crippen LogP contribution >= 0.6 is 0 Å². The topological polar surface area (TPSA) is 233 Å². The Labute approximate surface area is 371 Å². The van der Waals surface area contributed by atoms with Crippen LogP contribution in [0.3, 0.4) is 0 Å². The number of ketones is 1. The molecule has 63 heavy (non-hydrogen) atoms. The first-order valence-electron chi connectivity index (χ1n) is 22.4. The predicted molar refractivity (Wildman–Crippen MR) is 231 cm³/mol. The molecule has 6 N–H and O–H groups in total. The van der Waals surface area contributed by atoms with Crippen molar-refractivity contribution in [1.29, 1.82) is 0 Å². The fourth-order valence-electron chi connectivity index (χ4n) is 9.83. The molecule has 3 aliphatic rings. The highest BCUT2D eigenvalue weighted by Crippen LogP contribution is 2.42. The number of para-hydroxylation sites is 1. The van der Waals surface area contributed by atoms with Gasteiger partial charge in [0.25, 0.3) is 0 Å². The Kier molecular flexibility index (Phi) is 16.5. The number of carbonyl (C=O) groups is 3. The van der Waals surface area contributed by atoms with E-state index in [1.165, 1.54) is 20.8 Å². The molecule has 16 heteroatoms. The molecule has 5 rings (SSSR count). The zero-order valence-corrected chi connectivity index (χ0v) is 38.7. The number of fused-ring (bicyclic) bond motifs is 1. The minimum atomic E-state index is -2.23. The SMILES string of the molecule is CC1CC(C)C(O)C(O[C@@H]2[C@@H](C)[C@H](OC3CC(C)(C)C(O)C(C)O3)[C@@H](C)C(=O)O[C@H](CCNC(=O)OCc3ccnc4ccccc34)[C@@](C)(O)[C@H](O)[C@@H](C)C(=O)[C@H](C)C[C@@]2(C)O)O1. The lowest BCUT2D eigenvalue weighted by Crippen LogP contribution is -2.59. The van der Waals surface area contributed by atoms with E-state index in [2.05, 4.69) is 10.3 Å². The Hall–Kier alpha value is -3.32. The van der Waals surface area contributed by atoms with Gasteiger partial charge in [0.2, 0.25) is 0 Å². The van der Waals surface area contributed by atoms with E-state index in [4.69, 9.17) is 28.4 Å². The van der Waals surface area contributed by atoms with E-state index in [1.807, 2.05) is 52.0 Å². The van der Waals surface area contributed by atoms with Crippen LogP contribution in [0.25, 0.3) is 10.9 Å². The van der Waals surface area contributed by atoms with Crippen molar-refractivity contribution in [1.82, 2.24) is 10.3 Å². The number of rotatable bonds is 9. The number of nitrogens with one attached hydrogen (secondary N) is 1. The average molecular weight is 889 g/mol. The summed E-state index contributed by atoms with van der Waals surface area (Å²) in [5, 5.41) is 62.0. The molecule has 0 spiro atoms. The molecule has 0 aliphatic carbocycles. The molecule has 3 aliphatic heterocycles. The second-order valence-corrected chi connectivity index (χ2v) is 19.8. The summed E-state index contributed by atoms with van der Waals surface area (Å²) < 4.78 is 37.2. The molecule has 4 heterocycles. The van der Waals surface area contributed by atoms with E-state index < -0.39 is 113 Å². The number of cyclic esters (lactones) is 1. The van der Waals surface area contributed by atoms with E-state index in [-0.39, 0.29) is 44.4 Å². The lowest BCUT2D eigenvalue weighted by Gasteiger charge is -2.48. The van der Waals surface area contributed by atoms with Crippen LogP contribution < -0.4 is 5.32 Å². The van der Waals surface area contributed by atoms with Gasteiger partial charge in [0, 0.05) is 54.3 Å². The van der Waals surface area contributed by atoms with Crippen LogP contribution in [0.5, 0.6) is 0 Å². The van der Waals surface area contributed by atoms with Crippen molar-refractivity contribution in [3.63, 3.8) is 0 Å². The lowest BCUT2D eigenvalue weighted by atomic mass is 9.74. The summed E-state index contributed by atoms with van der Waals surface area (Å²) in [7, 11) is 0. The monoisotopic (exact) mass is 888 g/mol. The summed E-state index contributed by atoms with van der Waals surface area (Å²) in [5.41, 5.74) is -3.23. The van der Waals surface area contributed by atoms with E-state index in [1.54, 1.807) is 40.0 Å². The lowest BCUT2D eigenvalue weighted by molar-refractivity contribution is -0.312. The van der Waals surface area contributed by atoms with Gasteiger partial charge in [-0.15, -0.1) is 0 Å². The first-order chi connectivity index (χ1) is 29.3. The van der Waals surface area contributed by atoms with Crippen molar-refractivity contribution in [3.8, 4) is 0 Å². The van der Waals surface area contributed by atoms with Gasteiger partial charge in [-0.3, -0.25) is 14.6 Å². The number of esters is 1. The second kappa shape index (κ2) is 20.5. The predicted octanol–water partition coefficient (Wildman–Crippen LogP) is 4.57. The highest BCUT2D eigenvalue weighted by Gasteiger charge is 2.53. The van der Waals surface area contributed by atoms with Gasteiger partial charge in [-0.25, -0.2) is 4.79 Å². The smallest absolute Gasteiger partial charge is 0.407 e.